The third-order valence-electron chi connectivity index (χ3n) is 4.49. The summed E-state index contributed by atoms with van der Waals surface area (Å²) in [5.74, 6) is -0.0735. The van der Waals surface area contributed by atoms with Crippen LogP contribution in [0.1, 0.15) is 46.0 Å². The second-order valence-corrected chi connectivity index (χ2v) is 5.94. The predicted octanol–water partition coefficient (Wildman–Crippen LogP) is 1.54. The third kappa shape index (κ3) is 2.54. The number of carbonyl (C=O) groups excluding carboxylic acids is 1. The van der Waals surface area contributed by atoms with Crippen molar-refractivity contribution in [1.29, 1.82) is 0 Å². The molecule has 2 fully saturated rings. The molecule has 0 spiro atoms. The molecule has 1 N–H and O–H groups in total. The number of nitrogens with one attached hydrogen (secondary N) is 1. The van der Waals surface area contributed by atoms with E-state index in [4.69, 9.17) is 4.74 Å². The van der Waals surface area contributed by atoms with Gasteiger partial charge >= 0.3 is 5.97 Å². The van der Waals surface area contributed by atoms with Crippen LogP contribution in [-0.2, 0) is 9.53 Å². The molecular formula is C14H26N2O2. The summed E-state index contributed by atoms with van der Waals surface area (Å²) < 4.78 is 5.02. The minimum absolute atomic E-state index is 0.0735. The van der Waals surface area contributed by atoms with Crippen LogP contribution < -0.4 is 5.32 Å². The molecule has 2 unspecified atom stereocenters. The zero-order chi connectivity index (χ0) is 13.2. The Morgan fingerprint density at radius 2 is 2.28 bits per heavy atom. The summed E-state index contributed by atoms with van der Waals surface area (Å²) >= 11 is 0. The molecule has 104 valence electrons. The van der Waals surface area contributed by atoms with E-state index in [0.717, 1.165) is 25.8 Å². The van der Waals surface area contributed by atoms with Gasteiger partial charge in [-0.1, -0.05) is 0 Å². The average Bonchev–Trinajstić information content (AvgIpc) is 2.98. The van der Waals surface area contributed by atoms with E-state index in [1.54, 1.807) is 0 Å². The Labute approximate surface area is 110 Å². The topological polar surface area (TPSA) is 41.6 Å². The van der Waals surface area contributed by atoms with Crippen LogP contribution in [-0.4, -0.2) is 48.7 Å². The van der Waals surface area contributed by atoms with Crippen LogP contribution in [0.15, 0.2) is 0 Å². The minimum Gasteiger partial charge on any atom is -0.468 e. The maximum atomic E-state index is 12.1. The van der Waals surface area contributed by atoms with E-state index >= 15 is 0 Å². The zero-order valence-corrected chi connectivity index (χ0v) is 11.9. The number of hydrogen-bond donors (Lipinski definition) is 1. The Kier molecular flexibility index (Phi) is 4.28. The van der Waals surface area contributed by atoms with E-state index in [1.165, 1.54) is 26.5 Å². The van der Waals surface area contributed by atoms with Crippen LogP contribution in [0.25, 0.3) is 0 Å². The summed E-state index contributed by atoms with van der Waals surface area (Å²) in [6, 6.07) is 1.09. The fourth-order valence-corrected chi connectivity index (χ4v) is 3.59. The minimum atomic E-state index is -0.420. The van der Waals surface area contributed by atoms with Gasteiger partial charge < -0.3 is 10.1 Å². The Morgan fingerprint density at radius 1 is 1.50 bits per heavy atom. The van der Waals surface area contributed by atoms with Crippen molar-refractivity contribution in [2.24, 2.45) is 0 Å². The highest BCUT2D eigenvalue weighted by Crippen LogP contribution is 2.32. The van der Waals surface area contributed by atoms with E-state index in [0.29, 0.717) is 12.1 Å². The van der Waals surface area contributed by atoms with Crippen molar-refractivity contribution < 1.29 is 9.53 Å². The SMILES string of the molecule is COC(=O)C1(CC2CCCN2C(C)C)CCCN1. The molecule has 2 aliphatic rings. The maximum absolute atomic E-state index is 12.1. The number of hydrogen-bond acceptors (Lipinski definition) is 4. The molecule has 2 rings (SSSR count). The van der Waals surface area contributed by atoms with Crippen molar-refractivity contribution in [2.45, 2.75) is 63.6 Å². The van der Waals surface area contributed by atoms with E-state index in [9.17, 15) is 4.79 Å². The number of methoxy groups -OCH3 is 1. The van der Waals surface area contributed by atoms with Gasteiger partial charge in [0, 0.05) is 12.1 Å². The molecule has 0 aromatic heterocycles. The number of carbonyl (C=O) groups is 1. The second-order valence-electron chi connectivity index (χ2n) is 5.94. The standard InChI is InChI=1S/C14H26N2O2/c1-11(2)16-9-4-6-12(16)10-14(13(17)18-3)7-5-8-15-14/h11-12,15H,4-10H2,1-3H3. The molecular weight excluding hydrogens is 228 g/mol. The summed E-state index contributed by atoms with van der Waals surface area (Å²) in [5.41, 5.74) is -0.420. The van der Waals surface area contributed by atoms with Gasteiger partial charge in [0.05, 0.1) is 7.11 Å². The van der Waals surface area contributed by atoms with Crippen LogP contribution in [0.2, 0.25) is 0 Å². The van der Waals surface area contributed by atoms with Gasteiger partial charge in [-0.25, -0.2) is 0 Å². The summed E-state index contributed by atoms with van der Waals surface area (Å²) in [6.07, 6.45) is 5.35. The first kappa shape index (κ1) is 13.8. The van der Waals surface area contributed by atoms with Crippen LogP contribution in [0.4, 0.5) is 0 Å². The first-order valence-corrected chi connectivity index (χ1v) is 7.18. The van der Waals surface area contributed by atoms with Gasteiger partial charge in [0.2, 0.25) is 0 Å². The first-order valence-electron chi connectivity index (χ1n) is 7.18. The molecule has 18 heavy (non-hydrogen) atoms. The molecule has 0 aromatic carbocycles. The molecule has 0 aromatic rings. The van der Waals surface area contributed by atoms with Crippen molar-refractivity contribution in [3.05, 3.63) is 0 Å². The number of ether oxygens (including phenoxy) is 1. The van der Waals surface area contributed by atoms with Crippen molar-refractivity contribution >= 4 is 5.97 Å². The Hall–Kier alpha value is -0.610. The van der Waals surface area contributed by atoms with Gasteiger partial charge in [0.25, 0.3) is 0 Å². The first-order chi connectivity index (χ1) is 8.59. The van der Waals surface area contributed by atoms with Gasteiger partial charge in [-0.05, 0) is 59.0 Å². The predicted molar refractivity (Wildman–Crippen MR) is 71.5 cm³/mol. The van der Waals surface area contributed by atoms with Gasteiger partial charge in [-0.2, -0.15) is 0 Å². The Balaban J connectivity index is 2.07. The molecule has 0 amide bonds. The fraction of sp³-hybridized carbons (Fsp3) is 0.929. The normalized spacial score (nSPS) is 33.2. The van der Waals surface area contributed by atoms with Crippen molar-refractivity contribution in [3.8, 4) is 0 Å². The highest BCUT2D eigenvalue weighted by atomic mass is 16.5. The molecule has 0 aliphatic carbocycles. The Bertz CT molecular complexity index is 298. The third-order valence-corrected chi connectivity index (χ3v) is 4.49. The van der Waals surface area contributed by atoms with Crippen LogP contribution in [0.5, 0.6) is 0 Å². The van der Waals surface area contributed by atoms with E-state index in [2.05, 4.69) is 24.1 Å². The number of likely N-dealkylation sites (tertiary alicyclic amines) is 1. The molecule has 2 saturated heterocycles. The summed E-state index contributed by atoms with van der Waals surface area (Å²) in [6.45, 7) is 6.58. The lowest BCUT2D eigenvalue weighted by molar-refractivity contribution is -0.149. The highest BCUT2D eigenvalue weighted by molar-refractivity contribution is 5.81. The molecule has 4 nitrogen and oxygen atoms in total. The smallest absolute Gasteiger partial charge is 0.326 e. The Morgan fingerprint density at radius 3 is 2.83 bits per heavy atom. The quantitative estimate of drug-likeness (QED) is 0.773. The van der Waals surface area contributed by atoms with Crippen molar-refractivity contribution in [3.63, 3.8) is 0 Å². The zero-order valence-electron chi connectivity index (χ0n) is 11.9. The van der Waals surface area contributed by atoms with Crippen LogP contribution >= 0.6 is 0 Å². The van der Waals surface area contributed by atoms with Gasteiger partial charge in [-0.3, -0.25) is 9.69 Å². The lowest BCUT2D eigenvalue weighted by atomic mass is 9.88. The monoisotopic (exact) mass is 254 g/mol. The summed E-state index contributed by atoms with van der Waals surface area (Å²) in [7, 11) is 1.50. The molecule has 0 radical (unpaired) electrons. The largest absolute Gasteiger partial charge is 0.468 e. The van der Waals surface area contributed by atoms with Crippen molar-refractivity contribution in [1.82, 2.24) is 10.2 Å². The van der Waals surface area contributed by atoms with Crippen LogP contribution in [0.3, 0.4) is 0 Å². The molecule has 2 heterocycles. The van der Waals surface area contributed by atoms with Crippen LogP contribution in [0, 0.1) is 0 Å². The van der Waals surface area contributed by atoms with Gasteiger partial charge in [0.1, 0.15) is 5.54 Å². The molecule has 0 bridgehead atoms. The van der Waals surface area contributed by atoms with Gasteiger partial charge in [-0.15, -0.1) is 0 Å². The van der Waals surface area contributed by atoms with E-state index in [1.807, 2.05) is 0 Å². The maximum Gasteiger partial charge on any atom is 0.326 e. The average molecular weight is 254 g/mol. The highest BCUT2D eigenvalue weighted by Gasteiger charge is 2.45. The molecule has 2 atom stereocenters. The molecule has 0 saturated carbocycles. The number of rotatable bonds is 4. The second kappa shape index (κ2) is 5.57. The van der Waals surface area contributed by atoms with Gasteiger partial charge in [0.15, 0.2) is 0 Å². The summed E-state index contributed by atoms with van der Waals surface area (Å²) in [5, 5.41) is 3.41. The number of esters is 1. The molecule has 4 heteroatoms. The lowest BCUT2D eigenvalue weighted by Gasteiger charge is -2.35. The lowest BCUT2D eigenvalue weighted by Crippen LogP contribution is -2.53. The van der Waals surface area contributed by atoms with E-state index in [-0.39, 0.29) is 5.97 Å². The number of nitrogens with zero attached hydrogens (tertiary/aromatic N) is 1. The molecule has 2 aliphatic heterocycles. The van der Waals surface area contributed by atoms with Crippen molar-refractivity contribution in [2.75, 3.05) is 20.2 Å². The fourth-order valence-electron chi connectivity index (χ4n) is 3.59. The van der Waals surface area contributed by atoms with E-state index < -0.39 is 5.54 Å². The summed E-state index contributed by atoms with van der Waals surface area (Å²) in [4.78, 5) is 14.6.